The molecule has 1 fully saturated rings. The molecule has 1 unspecified atom stereocenters. The lowest BCUT2D eigenvalue weighted by molar-refractivity contribution is -0.159. The molecule has 3 aromatic rings. The molecule has 1 aliphatic rings. The van der Waals surface area contributed by atoms with Crippen LogP contribution in [0.1, 0.15) is 30.4 Å². The zero-order valence-electron chi connectivity index (χ0n) is 17.2. The molecule has 1 saturated carbocycles. The normalized spacial score (nSPS) is 19.2. The Morgan fingerprint density at radius 1 is 1.12 bits per heavy atom. The van der Waals surface area contributed by atoms with E-state index < -0.39 is 35.7 Å². The van der Waals surface area contributed by atoms with Crippen molar-refractivity contribution >= 4 is 5.91 Å². The number of benzene rings is 2. The van der Waals surface area contributed by atoms with E-state index in [0.29, 0.717) is 17.9 Å². The highest BCUT2D eigenvalue weighted by molar-refractivity contribution is 5.93. The van der Waals surface area contributed by atoms with E-state index in [1.807, 2.05) is 0 Å². The van der Waals surface area contributed by atoms with Gasteiger partial charge < -0.3 is 14.6 Å². The lowest BCUT2D eigenvalue weighted by atomic mass is 9.94. The fourth-order valence-electron chi connectivity index (χ4n) is 3.54. The van der Waals surface area contributed by atoms with Gasteiger partial charge in [0.15, 0.2) is 0 Å². The zero-order valence-corrected chi connectivity index (χ0v) is 17.2. The predicted octanol–water partition coefficient (Wildman–Crippen LogP) is 4.75. The molecule has 4 rings (SSSR count). The minimum absolute atomic E-state index is 0.0476. The molecule has 33 heavy (non-hydrogen) atoms. The summed E-state index contributed by atoms with van der Waals surface area (Å²) < 4.78 is 75.9. The van der Waals surface area contributed by atoms with Crippen molar-refractivity contribution < 1.29 is 36.0 Å². The van der Waals surface area contributed by atoms with E-state index in [4.69, 9.17) is 4.74 Å². The molecule has 0 saturated heterocycles. The maximum atomic E-state index is 14.3. The van der Waals surface area contributed by atoms with Gasteiger partial charge in [0.05, 0.1) is 6.61 Å². The van der Waals surface area contributed by atoms with E-state index in [2.05, 4.69) is 20.0 Å². The van der Waals surface area contributed by atoms with Gasteiger partial charge in [-0.3, -0.25) is 4.79 Å². The average Bonchev–Trinajstić information content (AvgIpc) is 3.12. The van der Waals surface area contributed by atoms with Crippen LogP contribution in [0.4, 0.5) is 22.0 Å². The number of amides is 1. The number of halogens is 5. The van der Waals surface area contributed by atoms with Crippen molar-refractivity contribution in [1.82, 2.24) is 15.5 Å². The highest BCUT2D eigenvalue weighted by Gasteiger charge is 2.76. The molecule has 0 radical (unpaired) electrons. The third-order valence-electron chi connectivity index (χ3n) is 5.37. The van der Waals surface area contributed by atoms with E-state index in [-0.39, 0.29) is 23.5 Å². The van der Waals surface area contributed by atoms with Crippen LogP contribution in [-0.4, -0.2) is 28.6 Å². The first-order valence-corrected chi connectivity index (χ1v) is 9.96. The number of hydrogen-bond acceptors (Lipinski definition) is 5. The first-order chi connectivity index (χ1) is 15.6. The van der Waals surface area contributed by atoms with Crippen LogP contribution >= 0.6 is 0 Å². The van der Waals surface area contributed by atoms with Crippen molar-refractivity contribution in [2.24, 2.45) is 0 Å². The molecule has 6 nitrogen and oxygen atoms in total. The van der Waals surface area contributed by atoms with Crippen molar-refractivity contribution in [2.75, 3.05) is 6.61 Å². The van der Waals surface area contributed by atoms with Crippen molar-refractivity contribution in [3.8, 4) is 17.1 Å². The summed E-state index contributed by atoms with van der Waals surface area (Å²) in [5, 5.41) is 5.83. The van der Waals surface area contributed by atoms with Crippen molar-refractivity contribution in [3.63, 3.8) is 0 Å². The monoisotopic (exact) mass is 467 g/mol. The fourth-order valence-corrected chi connectivity index (χ4v) is 3.54. The minimum atomic E-state index is -4.75. The Morgan fingerprint density at radius 2 is 1.76 bits per heavy atom. The second kappa shape index (κ2) is 8.13. The largest absolute Gasteiger partial charge is 0.494 e. The van der Waals surface area contributed by atoms with E-state index >= 15 is 0 Å². The molecule has 174 valence electrons. The number of carbonyl (C=O) groups excluding carboxylic acids is 1. The number of nitrogens with one attached hydrogen (secondary N) is 1. The second-order valence-corrected chi connectivity index (χ2v) is 7.54. The maximum Gasteiger partial charge on any atom is 0.471 e. The molecule has 2 aromatic carbocycles. The standard InChI is InChI=1S/C22H18F5N3O3/c1-2-32-16-9-7-15(8-10-16)20(12-21(20,23)24)18(31)28-11-13-3-5-14(6-4-13)17-29-19(33-30-17)22(25,26)27/h3-10H,2,11-12H2,1H3,(H,28,31). The number of hydrogen-bond donors (Lipinski definition) is 1. The number of nitrogens with zero attached hydrogens (tertiary/aromatic N) is 2. The molecule has 1 amide bonds. The molecular weight excluding hydrogens is 449 g/mol. The summed E-state index contributed by atoms with van der Waals surface area (Å²) in [5.41, 5.74) is -0.932. The Balaban J connectivity index is 1.44. The van der Waals surface area contributed by atoms with Crippen LogP contribution in [0.15, 0.2) is 53.1 Å². The first kappa shape index (κ1) is 22.7. The Kier molecular flexibility index (Phi) is 5.59. The van der Waals surface area contributed by atoms with Gasteiger partial charge >= 0.3 is 12.1 Å². The van der Waals surface area contributed by atoms with Gasteiger partial charge in [0.1, 0.15) is 11.2 Å². The van der Waals surface area contributed by atoms with Crippen LogP contribution in [0.5, 0.6) is 5.75 Å². The zero-order chi connectivity index (χ0) is 23.9. The first-order valence-electron chi connectivity index (χ1n) is 9.96. The van der Waals surface area contributed by atoms with Gasteiger partial charge in [-0.2, -0.15) is 18.2 Å². The average molecular weight is 467 g/mol. The van der Waals surface area contributed by atoms with E-state index in [1.54, 1.807) is 19.1 Å². The second-order valence-electron chi connectivity index (χ2n) is 7.54. The van der Waals surface area contributed by atoms with E-state index in [1.165, 1.54) is 36.4 Å². The number of aromatic nitrogens is 2. The molecule has 1 aromatic heterocycles. The van der Waals surface area contributed by atoms with Gasteiger partial charge in [0.25, 0.3) is 5.92 Å². The predicted molar refractivity (Wildman–Crippen MR) is 105 cm³/mol. The SMILES string of the molecule is CCOc1ccc(C2(C(=O)NCc3ccc(-c4noc(C(F)(F)F)n4)cc3)CC2(F)F)cc1. The number of rotatable bonds is 7. The summed E-state index contributed by atoms with van der Waals surface area (Å²) in [6, 6.07) is 11.9. The lowest BCUT2D eigenvalue weighted by Gasteiger charge is -2.17. The summed E-state index contributed by atoms with van der Waals surface area (Å²) in [6.45, 7) is 2.18. The molecule has 1 N–H and O–H groups in total. The molecule has 0 aliphatic heterocycles. The van der Waals surface area contributed by atoms with Gasteiger partial charge in [-0.05, 0) is 30.2 Å². The number of ether oxygens (including phenoxy) is 1. The third kappa shape index (κ3) is 4.27. The topological polar surface area (TPSA) is 77.2 Å². The van der Waals surface area contributed by atoms with Crippen LogP contribution in [0.25, 0.3) is 11.4 Å². The van der Waals surface area contributed by atoms with Crippen molar-refractivity contribution in [1.29, 1.82) is 0 Å². The highest BCUT2D eigenvalue weighted by atomic mass is 19.4. The Labute approximate surface area is 184 Å². The van der Waals surface area contributed by atoms with Gasteiger partial charge in [-0.15, -0.1) is 0 Å². The van der Waals surface area contributed by atoms with Crippen LogP contribution in [0.2, 0.25) is 0 Å². The van der Waals surface area contributed by atoms with E-state index in [9.17, 15) is 26.7 Å². The van der Waals surface area contributed by atoms with E-state index in [0.717, 1.165) is 0 Å². The molecule has 0 bridgehead atoms. The molecule has 1 heterocycles. The Morgan fingerprint density at radius 3 is 2.27 bits per heavy atom. The summed E-state index contributed by atoms with van der Waals surface area (Å²) in [5.74, 6) is -5.18. The molecule has 1 atom stereocenters. The summed E-state index contributed by atoms with van der Waals surface area (Å²) in [6.07, 6.45) is -5.35. The molecular formula is C22H18F5N3O3. The smallest absolute Gasteiger partial charge is 0.471 e. The summed E-state index contributed by atoms with van der Waals surface area (Å²) >= 11 is 0. The maximum absolute atomic E-state index is 14.3. The van der Waals surface area contributed by atoms with Crippen LogP contribution in [0.3, 0.4) is 0 Å². The number of carbonyl (C=O) groups is 1. The summed E-state index contributed by atoms with van der Waals surface area (Å²) in [4.78, 5) is 16.0. The van der Waals surface area contributed by atoms with Crippen molar-refractivity contribution in [3.05, 3.63) is 65.5 Å². The third-order valence-corrected chi connectivity index (χ3v) is 5.37. The van der Waals surface area contributed by atoms with Gasteiger partial charge in [0.2, 0.25) is 11.7 Å². The number of alkyl halides is 5. The molecule has 11 heteroatoms. The van der Waals surface area contributed by atoms with Crippen LogP contribution < -0.4 is 10.1 Å². The fraction of sp³-hybridized carbons (Fsp3) is 0.318. The van der Waals surface area contributed by atoms with Gasteiger partial charge in [-0.25, -0.2) is 8.78 Å². The quantitative estimate of drug-likeness (QED) is 0.508. The summed E-state index contributed by atoms with van der Waals surface area (Å²) in [7, 11) is 0. The Bertz CT molecular complexity index is 1140. The van der Waals surface area contributed by atoms with Gasteiger partial charge in [-0.1, -0.05) is 41.6 Å². The highest BCUT2D eigenvalue weighted by Crippen LogP contribution is 2.61. The minimum Gasteiger partial charge on any atom is -0.494 e. The van der Waals surface area contributed by atoms with Crippen molar-refractivity contribution in [2.45, 2.75) is 37.4 Å². The van der Waals surface area contributed by atoms with Crippen LogP contribution in [0, 0.1) is 0 Å². The molecule has 1 aliphatic carbocycles. The Hall–Kier alpha value is -3.50. The molecule has 0 spiro atoms. The van der Waals surface area contributed by atoms with Crippen LogP contribution in [-0.2, 0) is 22.9 Å². The van der Waals surface area contributed by atoms with Gasteiger partial charge in [0, 0.05) is 18.5 Å². The lowest BCUT2D eigenvalue weighted by Crippen LogP contribution is -2.38.